The fraction of sp³-hybridized carbons (Fsp3) is 0.804. The number of nitriles is 1. The number of carbonyl (C=O) groups excluding carboxylic acids is 17. The Hall–Kier alpha value is -9.77. The number of hydrogen-bond donors (Lipinski definition) is 8. The maximum atomic E-state index is 14.2. The molecule has 145 heavy (non-hydrogen) atoms. The van der Waals surface area contributed by atoms with Gasteiger partial charge in [0.15, 0.2) is 55.5 Å². The first kappa shape index (κ1) is 128. The number of esters is 9. The van der Waals surface area contributed by atoms with Crippen LogP contribution < -0.4 is 42.5 Å². The molecule has 826 valence electrons. The molecule has 52 nitrogen and oxygen atoms in total. The van der Waals surface area contributed by atoms with Gasteiger partial charge in [0, 0.05) is 153 Å². The lowest BCUT2D eigenvalue weighted by Gasteiger charge is -2.44. The summed E-state index contributed by atoms with van der Waals surface area (Å²) in [5.41, 5.74) is -1.63. The zero-order chi connectivity index (χ0) is 107. The van der Waals surface area contributed by atoms with Crippen LogP contribution in [0.2, 0.25) is 0 Å². The minimum Gasteiger partial charge on any atom is -0.463 e. The smallest absolute Gasteiger partial charge is 0.303 e. The van der Waals surface area contributed by atoms with E-state index in [-0.39, 0.29) is 195 Å². The second-order valence-electron chi connectivity index (χ2n) is 34.6. The molecule has 8 amide bonds. The number of carbonyl (C=O) groups is 17. The van der Waals surface area contributed by atoms with Crippen LogP contribution in [0.1, 0.15) is 181 Å². The van der Waals surface area contributed by atoms with Crippen molar-refractivity contribution >= 4 is 110 Å². The molecule has 0 aromatic carbocycles. The first-order chi connectivity index (χ1) is 69.0. The van der Waals surface area contributed by atoms with E-state index in [1.165, 1.54) is 20.8 Å². The molecule has 1 aliphatic carbocycles. The second-order valence-corrected chi connectivity index (χ2v) is 36.0. The molecule has 8 N–H and O–H groups in total. The fourth-order valence-corrected chi connectivity index (χ4v) is 17.1. The molecule has 1 unspecified atom stereocenters. The minimum absolute atomic E-state index is 0.00504. The average Bonchev–Trinajstić information content (AvgIpc) is 0.790. The number of amides is 8. The van der Waals surface area contributed by atoms with Gasteiger partial charge in [0.25, 0.3) is 8.53 Å². The monoisotopic (exact) mass is 2100 g/mol. The van der Waals surface area contributed by atoms with Crippen LogP contribution in [-0.2, 0) is 200 Å². The quantitative estimate of drug-likeness (QED) is 0.0167. The van der Waals surface area contributed by atoms with Crippen molar-refractivity contribution in [3.05, 3.63) is 0 Å². The molecule has 0 aromatic heterocycles. The topological polar surface area (TPSA) is 644 Å². The van der Waals surface area contributed by atoms with Crippen LogP contribution in [0.5, 0.6) is 0 Å². The van der Waals surface area contributed by atoms with Crippen LogP contribution in [-0.4, -0.2) is 399 Å². The number of hydrogen-bond acceptors (Lipinski definition) is 44. The molecule has 3 saturated heterocycles. The van der Waals surface area contributed by atoms with Gasteiger partial charge in [-0.05, 0) is 65.7 Å². The first-order valence-electron chi connectivity index (χ1n) is 48.3. The van der Waals surface area contributed by atoms with E-state index in [4.69, 9.17) is 123 Å². The SMILES string of the molecule is CC(=O)N[C@H]1[C@H](OCCOCCNC(=O)CCOCC(COCCC(=O)NCCOCCO[C@@H]2O[C@H](COC(C)=O)[C@H](OC(C)=O)[C@H](OC(C)=O)[C@H]2NC(C)=O)(COCCC(=O)NCCOCCO[C@@H]2O[C@H](COC(C)=O)[C@H](OC(C)=O)[C@H](OC(C)=O)[C@H]2NC(C)=O)NC(=O)CCOCCOCCNC(=O)CCC2CCC(OP(OCCC#N)N(C(C)C)C(C)C)CC2)O[C@H](COC(C)=O)[C@H](OC(C)=O)[C@@H]1OC(C)=O. The van der Waals surface area contributed by atoms with Gasteiger partial charge in [0.2, 0.25) is 47.3 Å². The summed E-state index contributed by atoms with van der Waals surface area (Å²) in [4.78, 5) is 214. The van der Waals surface area contributed by atoms with E-state index in [1.54, 1.807) is 0 Å². The summed E-state index contributed by atoms with van der Waals surface area (Å²) in [6, 6.07) is -1.24. The highest BCUT2D eigenvalue weighted by Crippen LogP contribution is 2.49. The summed E-state index contributed by atoms with van der Waals surface area (Å²) in [6.07, 6.45) is -12.2. The van der Waals surface area contributed by atoms with Crippen molar-refractivity contribution in [1.29, 1.82) is 5.26 Å². The highest BCUT2D eigenvalue weighted by molar-refractivity contribution is 7.44. The van der Waals surface area contributed by atoms with E-state index in [9.17, 15) is 81.5 Å². The van der Waals surface area contributed by atoms with Gasteiger partial charge < -0.3 is 161 Å². The molecule has 4 rings (SSSR count). The summed E-state index contributed by atoms with van der Waals surface area (Å²) in [6.45, 7) is 17.9. The Kier molecular flexibility index (Phi) is 63.1. The molecule has 4 aliphatic rings. The molecule has 1 saturated carbocycles. The van der Waals surface area contributed by atoms with Crippen LogP contribution in [0.15, 0.2) is 0 Å². The van der Waals surface area contributed by atoms with Gasteiger partial charge in [-0.25, -0.2) is 4.67 Å². The predicted molar refractivity (Wildman–Crippen MR) is 499 cm³/mol. The van der Waals surface area contributed by atoms with Crippen molar-refractivity contribution < 1.29 is 200 Å². The lowest BCUT2D eigenvalue weighted by atomic mass is 9.84. The van der Waals surface area contributed by atoms with Gasteiger partial charge in [-0.1, -0.05) is 0 Å². The van der Waals surface area contributed by atoms with Crippen molar-refractivity contribution in [2.75, 3.05) is 178 Å². The maximum absolute atomic E-state index is 14.2. The fourth-order valence-electron chi connectivity index (χ4n) is 15.3. The number of nitrogens with zero attached hydrogens (tertiary/aromatic N) is 2. The predicted octanol–water partition coefficient (Wildman–Crippen LogP) is -0.351. The molecule has 16 atom stereocenters. The Morgan fingerprint density at radius 1 is 0.352 bits per heavy atom. The van der Waals surface area contributed by atoms with Crippen LogP contribution in [0, 0.1) is 17.2 Å². The lowest BCUT2D eigenvalue weighted by Crippen LogP contribution is -2.66. The van der Waals surface area contributed by atoms with Crippen LogP contribution in [0.4, 0.5) is 0 Å². The molecule has 0 spiro atoms. The van der Waals surface area contributed by atoms with E-state index in [2.05, 4.69) is 81.0 Å². The Morgan fingerprint density at radius 3 is 0.938 bits per heavy atom. The van der Waals surface area contributed by atoms with Crippen LogP contribution >= 0.6 is 8.53 Å². The van der Waals surface area contributed by atoms with E-state index < -0.39 is 241 Å². The third-order valence-electron chi connectivity index (χ3n) is 21.3. The number of nitrogens with one attached hydrogen (secondary N) is 8. The van der Waals surface area contributed by atoms with Crippen molar-refractivity contribution in [2.45, 2.75) is 297 Å². The molecular formula is C92H151N10O42P. The molecule has 0 bridgehead atoms. The van der Waals surface area contributed by atoms with Crippen molar-refractivity contribution in [1.82, 2.24) is 47.2 Å². The summed E-state index contributed by atoms with van der Waals surface area (Å²) in [5, 5.41) is 30.9. The van der Waals surface area contributed by atoms with Gasteiger partial charge in [-0.15, -0.1) is 0 Å². The molecular weight excluding hydrogens is 1950 g/mol. The van der Waals surface area contributed by atoms with Gasteiger partial charge in [0.05, 0.1) is 151 Å². The third kappa shape index (κ3) is 54.1. The van der Waals surface area contributed by atoms with Crippen LogP contribution in [0.3, 0.4) is 0 Å². The zero-order valence-corrected chi connectivity index (χ0v) is 86.7. The van der Waals surface area contributed by atoms with E-state index in [0.29, 0.717) is 18.8 Å². The highest BCUT2D eigenvalue weighted by atomic mass is 31.2. The van der Waals surface area contributed by atoms with Gasteiger partial charge in [-0.2, -0.15) is 5.26 Å². The third-order valence-corrected chi connectivity index (χ3v) is 23.5. The molecule has 3 heterocycles. The van der Waals surface area contributed by atoms with Crippen molar-refractivity contribution in [3.8, 4) is 6.07 Å². The summed E-state index contributed by atoms with van der Waals surface area (Å²) >= 11 is 0. The molecule has 0 radical (unpaired) electrons. The first-order valence-corrected chi connectivity index (χ1v) is 49.4. The number of rotatable bonds is 72. The minimum atomic E-state index is -1.63. The average molecular weight is 2100 g/mol. The van der Waals surface area contributed by atoms with Crippen molar-refractivity contribution in [2.24, 2.45) is 5.92 Å². The molecule has 0 aromatic rings. The Morgan fingerprint density at radius 2 is 0.641 bits per heavy atom. The normalized spacial score (nSPS) is 22.6. The van der Waals surface area contributed by atoms with Gasteiger partial charge in [-0.3, -0.25) is 81.5 Å². The van der Waals surface area contributed by atoms with Gasteiger partial charge >= 0.3 is 53.7 Å². The van der Waals surface area contributed by atoms with E-state index >= 15 is 0 Å². The Balaban J connectivity index is 1.47. The molecule has 3 aliphatic heterocycles. The van der Waals surface area contributed by atoms with E-state index in [0.717, 1.165) is 88.0 Å². The maximum Gasteiger partial charge on any atom is 0.303 e. The zero-order valence-electron chi connectivity index (χ0n) is 85.8. The Labute approximate surface area is 845 Å². The lowest BCUT2D eigenvalue weighted by molar-refractivity contribution is -0.279. The van der Waals surface area contributed by atoms with Crippen molar-refractivity contribution in [3.63, 3.8) is 0 Å². The Bertz CT molecular complexity index is 3720. The molecule has 53 heteroatoms. The second kappa shape index (κ2) is 71.7. The summed E-state index contributed by atoms with van der Waals surface area (Å²) in [5.74, 6) is -10.6. The van der Waals surface area contributed by atoms with Crippen LogP contribution in [0.25, 0.3) is 0 Å². The molecule has 4 fully saturated rings. The summed E-state index contributed by atoms with van der Waals surface area (Å²) in [7, 11) is -1.37. The van der Waals surface area contributed by atoms with Gasteiger partial charge in [0.1, 0.15) is 61.8 Å². The standard InChI is InChI=1S/C92H151N10O42P/c1-56(2)102(57(3)4)145(134-33-17-28-93)144-71-21-18-70(19-22-71)20-23-75(115)94-29-38-121-43-42-120-34-27-79(119)101-92(53-125-35-24-76(116)95-30-39-122-44-47-128-89-80(98-58(5)103)86(138-67(14)112)83(135-64(11)109)72(141-89)50-131-61(8)106,54-126-36-25-77(117)96-31-40-123-45-48-129-90-81(99-59(6)104)87(139-68(15)113)84(136-65(12)110)73(142-90)51-132-62(9)107)55-127-37-26-78(118)97-32-41-124-46-49-130-91-82(100-60(7)105)88(140-69(16)114)85(137-66(13)111)74(143-91)52-133-63(10)108/h56-57,70-74,80-91H,17-27,29-55H2,1-16H3,(H,94,115)(H,95,116)(H,96,117)(H,97,118)(H,98,103)(H,99,104)(H,100,105)(H,101,119)/t70?,71?,72-,73-,74-,80-,81-,82-,83+,84+,85+,86-,87-,88-,89-,90-,91-,145?/m1/s1. The summed E-state index contributed by atoms with van der Waals surface area (Å²) < 4.78 is 146. The van der Waals surface area contributed by atoms with E-state index in [1.807, 2.05) is 0 Å². The highest BCUT2D eigenvalue weighted by Gasteiger charge is 2.55. The number of ether oxygens (including phenoxy) is 23. The largest absolute Gasteiger partial charge is 0.463 e.